The highest BCUT2D eigenvalue weighted by atomic mass is 35.5. The molecule has 0 unspecified atom stereocenters. The lowest BCUT2D eigenvalue weighted by Gasteiger charge is -2.35. The Bertz CT molecular complexity index is 730. The van der Waals surface area contributed by atoms with Crippen LogP contribution in [0.25, 0.3) is 0 Å². The second kappa shape index (κ2) is 9.01. The van der Waals surface area contributed by atoms with Crippen LogP contribution in [-0.4, -0.2) is 50.1 Å². The molecule has 1 N–H and O–H groups in total. The summed E-state index contributed by atoms with van der Waals surface area (Å²) in [5.41, 5.74) is 2.14. The van der Waals surface area contributed by atoms with Crippen LogP contribution in [0.3, 0.4) is 0 Å². The van der Waals surface area contributed by atoms with Gasteiger partial charge in [-0.15, -0.1) is 0 Å². The molecule has 1 saturated heterocycles. The van der Waals surface area contributed by atoms with Crippen molar-refractivity contribution in [2.45, 2.75) is 6.42 Å². The molecule has 2 aromatic carbocycles. The molecule has 1 heterocycles. The van der Waals surface area contributed by atoms with Crippen molar-refractivity contribution in [3.05, 3.63) is 64.9 Å². The van der Waals surface area contributed by atoms with Crippen LogP contribution in [0.2, 0.25) is 5.02 Å². The molecule has 0 atom stereocenters. The summed E-state index contributed by atoms with van der Waals surface area (Å²) in [5.74, 6) is -0.210. The minimum absolute atomic E-state index is 0.0308. The molecule has 1 fully saturated rings. The monoisotopic (exact) mass is 375 g/mol. The predicted octanol–water partition coefficient (Wildman–Crippen LogP) is 2.96. The maximum atomic E-state index is 12.9. The van der Waals surface area contributed by atoms with Crippen LogP contribution in [0.1, 0.15) is 5.56 Å². The first-order valence-corrected chi connectivity index (χ1v) is 9.22. The van der Waals surface area contributed by atoms with Crippen molar-refractivity contribution in [2.75, 3.05) is 44.2 Å². The van der Waals surface area contributed by atoms with Crippen molar-refractivity contribution >= 4 is 23.2 Å². The van der Waals surface area contributed by atoms with Crippen LogP contribution in [0.4, 0.5) is 10.1 Å². The summed E-state index contributed by atoms with van der Waals surface area (Å²) in [6, 6.07) is 14.2. The lowest BCUT2D eigenvalue weighted by Crippen LogP contribution is -2.49. The number of carbonyl (C=O) groups excluding carboxylic acids is 1. The standard InChI is InChI=1S/C20H23ClFN3O/c21-17-2-1-3-19(14-17)25-12-10-24(11-13-25)15-20(26)23-9-8-16-4-6-18(22)7-5-16/h1-7,14H,8-13,15H2,(H,23,26). The molecule has 0 aromatic heterocycles. The molecule has 0 bridgehead atoms. The van der Waals surface area contributed by atoms with E-state index >= 15 is 0 Å². The van der Waals surface area contributed by atoms with Crippen molar-refractivity contribution in [1.82, 2.24) is 10.2 Å². The lowest BCUT2D eigenvalue weighted by atomic mass is 10.1. The number of hydrogen-bond acceptors (Lipinski definition) is 3. The molecular formula is C20H23ClFN3O. The van der Waals surface area contributed by atoms with Gasteiger partial charge in [-0.3, -0.25) is 9.69 Å². The van der Waals surface area contributed by atoms with E-state index in [9.17, 15) is 9.18 Å². The van der Waals surface area contributed by atoms with E-state index < -0.39 is 0 Å². The summed E-state index contributed by atoms with van der Waals surface area (Å²) in [6.45, 7) is 4.42. The summed E-state index contributed by atoms with van der Waals surface area (Å²) in [5, 5.41) is 3.68. The molecular weight excluding hydrogens is 353 g/mol. The van der Waals surface area contributed by atoms with Gasteiger partial charge in [-0.1, -0.05) is 29.8 Å². The highest BCUT2D eigenvalue weighted by Gasteiger charge is 2.19. The normalized spacial score (nSPS) is 15.1. The molecule has 0 radical (unpaired) electrons. The Hall–Kier alpha value is -2.11. The molecule has 0 spiro atoms. The fourth-order valence-corrected chi connectivity index (χ4v) is 3.28. The van der Waals surface area contributed by atoms with Gasteiger partial charge >= 0.3 is 0 Å². The summed E-state index contributed by atoms with van der Waals surface area (Å²) < 4.78 is 12.9. The van der Waals surface area contributed by atoms with Crippen LogP contribution < -0.4 is 10.2 Å². The Morgan fingerprint density at radius 1 is 1.08 bits per heavy atom. The SMILES string of the molecule is O=C(CN1CCN(c2cccc(Cl)c2)CC1)NCCc1ccc(F)cc1. The zero-order valence-corrected chi connectivity index (χ0v) is 15.4. The van der Waals surface area contributed by atoms with E-state index in [-0.39, 0.29) is 11.7 Å². The largest absolute Gasteiger partial charge is 0.369 e. The maximum Gasteiger partial charge on any atom is 0.234 e. The summed E-state index contributed by atoms with van der Waals surface area (Å²) in [6.07, 6.45) is 0.703. The molecule has 1 aliphatic rings. The van der Waals surface area contributed by atoms with Crippen molar-refractivity contribution in [1.29, 1.82) is 0 Å². The van der Waals surface area contributed by atoms with E-state index in [4.69, 9.17) is 11.6 Å². The van der Waals surface area contributed by atoms with Crippen LogP contribution in [-0.2, 0) is 11.2 Å². The minimum atomic E-state index is -0.241. The van der Waals surface area contributed by atoms with Gasteiger partial charge < -0.3 is 10.2 Å². The van der Waals surface area contributed by atoms with Crippen LogP contribution in [0, 0.1) is 5.82 Å². The topological polar surface area (TPSA) is 35.6 Å². The van der Waals surface area contributed by atoms with E-state index in [0.717, 1.165) is 42.5 Å². The number of anilines is 1. The number of carbonyl (C=O) groups is 1. The van der Waals surface area contributed by atoms with Gasteiger partial charge in [0.2, 0.25) is 5.91 Å². The van der Waals surface area contributed by atoms with Gasteiger partial charge in [0, 0.05) is 43.4 Å². The Morgan fingerprint density at radius 2 is 1.81 bits per heavy atom. The van der Waals surface area contributed by atoms with Gasteiger partial charge in [0.15, 0.2) is 0 Å². The first kappa shape index (κ1) is 18.7. The quantitative estimate of drug-likeness (QED) is 0.843. The zero-order chi connectivity index (χ0) is 18.4. The van der Waals surface area contributed by atoms with E-state index in [1.54, 1.807) is 12.1 Å². The molecule has 1 aliphatic heterocycles. The molecule has 0 aliphatic carbocycles. The Morgan fingerprint density at radius 3 is 2.50 bits per heavy atom. The number of halogens is 2. The number of hydrogen-bond donors (Lipinski definition) is 1. The zero-order valence-electron chi connectivity index (χ0n) is 14.6. The second-order valence-corrected chi connectivity index (χ2v) is 6.91. The fraction of sp³-hybridized carbons (Fsp3) is 0.350. The first-order valence-electron chi connectivity index (χ1n) is 8.84. The first-order chi connectivity index (χ1) is 12.6. The number of nitrogens with zero attached hydrogens (tertiary/aromatic N) is 2. The third kappa shape index (κ3) is 5.44. The van der Waals surface area contributed by atoms with E-state index in [1.807, 2.05) is 18.2 Å². The second-order valence-electron chi connectivity index (χ2n) is 6.47. The van der Waals surface area contributed by atoms with Crippen LogP contribution >= 0.6 is 11.6 Å². The van der Waals surface area contributed by atoms with Crippen LogP contribution in [0.5, 0.6) is 0 Å². The third-order valence-corrected chi connectivity index (χ3v) is 4.80. The van der Waals surface area contributed by atoms with Gasteiger partial charge in [0.1, 0.15) is 5.82 Å². The maximum absolute atomic E-state index is 12.9. The highest BCUT2D eigenvalue weighted by molar-refractivity contribution is 6.30. The molecule has 138 valence electrons. The molecule has 0 saturated carbocycles. The predicted molar refractivity (Wildman–Crippen MR) is 103 cm³/mol. The number of piperazine rings is 1. The Kier molecular flexibility index (Phi) is 6.47. The van der Waals surface area contributed by atoms with Gasteiger partial charge in [-0.05, 0) is 42.3 Å². The van der Waals surface area contributed by atoms with Gasteiger partial charge in [-0.2, -0.15) is 0 Å². The van der Waals surface area contributed by atoms with Crippen molar-refractivity contribution in [3.8, 4) is 0 Å². The van der Waals surface area contributed by atoms with Crippen molar-refractivity contribution in [2.24, 2.45) is 0 Å². The molecule has 1 amide bonds. The van der Waals surface area contributed by atoms with Gasteiger partial charge in [-0.25, -0.2) is 4.39 Å². The summed E-state index contributed by atoms with van der Waals surface area (Å²) >= 11 is 6.05. The van der Waals surface area contributed by atoms with E-state index in [2.05, 4.69) is 21.2 Å². The number of amides is 1. The van der Waals surface area contributed by atoms with E-state index in [1.165, 1.54) is 12.1 Å². The van der Waals surface area contributed by atoms with E-state index in [0.29, 0.717) is 19.5 Å². The molecule has 26 heavy (non-hydrogen) atoms. The average molecular weight is 376 g/mol. The molecule has 4 nitrogen and oxygen atoms in total. The van der Waals surface area contributed by atoms with Crippen molar-refractivity contribution in [3.63, 3.8) is 0 Å². The van der Waals surface area contributed by atoms with Gasteiger partial charge in [0.05, 0.1) is 6.54 Å². The number of rotatable bonds is 6. The van der Waals surface area contributed by atoms with Gasteiger partial charge in [0.25, 0.3) is 0 Å². The summed E-state index contributed by atoms with van der Waals surface area (Å²) in [4.78, 5) is 16.6. The lowest BCUT2D eigenvalue weighted by molar-refractivity contribution is -0.122. The average Bonchev–Trinajstić information content (AvgIpc) is 2.64. The fourth-order valence-electron chi connectivity index (χ4n) is 3.09. The minimum Gasteiger partial charge on any atom is -0.369 e. The molecule has 2 aromatic rings. The molecule has 6 heteroatoms. The third-order valence-electron chi connectivity index (χ3n) is 4.56. The smallest absolute Gasteiger partial charge is 0.234 e. The van der Waals surface area contributed by atoms with Crippen molar-refractivity contribution < 1.29 is 9.18 Å². The Labute approximate surface area is 158 Å². The number of benzene rings is 2. The highest BCUT2D eigenvalue weighted by Crippen LogP contribution is 2.20. The summed E-state index contributed by atoms with van der Waals surface area (Å²) in [7, 11) is 0. The number of nitrogens with one attached hydrogen (secondary N) is 1. The van der Waals surface area contributed by atoms with Crippen LogP contribution in [0.15, 0.2) is 48.5 Å². The Balaban J connectivity index is 1.37. The molecule has 3 rings (SSSR count).